The van der Waals surface area contributed by atoms with Gasteiger partial charge in [-0.2, -0.15) is 0 Å². The number of carbonyl (C=O) groups excluding carboxylic acids is 2. The molecule has 2 atom stereocenters. The third-order valence-electron chi connectivity index (χ3n) is 4.02. The summed E-state index contributed by atoms with van der Waals surface area (Å²) in [5.41, 5.74) is -1.02. The summed E-state index contributed by atoms with van der Waals surface area (Å²) in [6.45, 7) is 2.94. The fraction of sp³-hybridized carbons (Fsp3) is 0.467. The van der Waals surface area contributed by atoms with Crippen LogP contribution in [0.2, 0.25) is 0 Å². The molecule has 136 valence electrons. The molecule has 1 aliphatic carbocycles. The second-order valence-electron chi connectivity index (χ2n) is 5.89. The van der Waals surface area contributed by atoms with Crippen LogP contribution in [0.4, 0.5) is 11.4 Å². The van der Waals surface area contributed by atoms with Crippen LogP contribution in [-0.2, 0) is 14.3 Å². The van der Waals surface area contributed by atoms with E-state index in [1.165, 1.54) is 32.2 Å². The summed E-state index contributed by atoms with van der Waals surface area (Å²) in [6, 6.07) is 3.72. The van der Waals surface area contributed by atoms with Gasteiger partial charge < -0.3 is 14.8 Å². The van der Waals surface area contributed by atoms with Crippen molar-refractivity contribution in [3.63, 3.8) is 0 Å². The topological polar surface area (TPSA) is 108 Å². The number of nitrogens with zero attached hydrogens (tertiary/aromatic N) is 1. The second kappa shape index (κ2) is 6.68. The highest BCUT2D eigenvalue weighted by atomic mass is 35.5. The lowest BCUT2D eigenvalue weighted by molar-refractivity contribution is -0.384. The van der Waals surface area contributed by atoms with Crippen molar-refractivity contribution in [3.05, 3.63) is 28.3 Å². The lowest BCUT2D eigenvalue weighted by atomic mass is 10.1. The molecule has 0 saturated heterocycles. The Bertz CT molecular complexity index is 739. The van der Waals surface area contributed by atoms with E-state index in [9.17, 15) is 19.7 Å². The molecule has 10 heteroatoms. The molecule has 0 radical (unpaired) electrons. The van der Waals surface area contributed by atoms with Crippen LogP contribution < -0.4 is 10.1 Å². The first-order chi connectivity index (χ1) is 11.5. The van der Waals surface area contributed by atoms with Gasteiger partial charge in [0.15, 0.2) is 6.10 Å². The molecule has 1 aromatic rings. The lowest BCUT2D eigenvalue weighted by Gasteiger charge is -2.18. The number of nitro groups is 1. The Morgan fingerprint density at radius 1 is 1.40 bits per heavy atom. The molecule has 2 rings (SSSR count). The Labute approximate surface area is 153 Å². The van der Waals surface area contributed by atoms with Crippen LogP contribution in [0.15, 0.2) is 18.2 Å². The van der Waals surface area contributed by atoms with E-state index in [-0.39, 0.29) is 23.5 Å². The minimum absolute atomic E-state index is 0.107. The van der Waals surface area contributed by atoms with Crippen molar-refractivity contribution in [2.75, 3.05) is 12.4 Å². The molecule has 25 heavy (non-hydrogen) atoms. The fourth-order valence-corrected chi connectivity index (χ4v) is 2.79. The number of anilines is 1. The number of nitrogens with one attached hydrogen (secondary N) is 1. The average molecular weight is 391 g/mol. The molecule has 0 aromatic heterocycles. The Morgan fingerprint density at radius 2 is 2.00 bits per heavy atom. The molecule has 8 nitrogen and oxygen atoms in total. The van der Waals surface area contributed by atoms with E-state index < -0.39 is 32.7 Å². The van der Waals surface area contributed by atoms with Crippen molar-refractivity contribution in [3.8, 4) is 5.75 Å². The largest absolute Gasteiger partial charge is 0.494 e. The number of rotatable bonds is 6. The summed E-state index contributed by atoms with van der Waals surface area (Å²) in [5, 5.41) is 13.3. The number of esters is 1. The van der Waals surface area contributed by atoms with Gasteiger partial charge in [-0.3, -0.25) is 19.7 Å². The van der Waals surface area contributed by atoms with E-state index in [1.54, 1.807) is 6.92 Å². The molecule has 1 aromatic carbocycles. The lowest BCUT2D eigenvalue weighted by Crippen LogP contribution is -2.33. The maximum absolute atomic E-state index is 12.2. The van der Waals surface area contributed by atoms with Gasteiger partial charge in [0.05, 0.1) is 23.8 Å². The first kappa shape index (κ1) is 19.3. The third-order valence-corrected chi connectivity index (χ3v) is 5.12. The van der Waals surface area contributed by atoms with E-state index in [0.717, 1.165) is 0 Å². The highest BCUT2D eigenvalue weighted by Gasteiger charge is 2.69. The van der Waals surface area contributed by atoms with E-state index >= 15 is 0 Å². The van der Waals surface area contributed by atoms with Crippen molar-refractivity contribution in [2.24, 2.45) is 5.41 Å². The monoisotopic (exact) mass is 390 g/mol. The Balaban J connectivity index is 2.04. The van der Waals surface area contributed by atoms with Gasteiger partial charge in [0.1, 0.15) is 15.5 Å². The summed E-state index contributed by atoms with van der Waals surface area (Å²) >= 11 is 11.8. The molecule has 1 saturated carbocycles. The van der Waals surface area contributed by atoms with Gasteiger partial charge in [0.25, 0.3) is 11.6 Å². The van der Waals surface area contributed by atoms with Gasteiger partial charge in [-0.1, -0.05) is 0 Å². The Kier molecular flexibility index (Phi) is 5.15. The van der Waals surface area contributed by atoms with Gasteiger partial charge in [0.2, 0.25) is 0 Å². The van der Waals surface area contributed by atoms with Crippen LogP contribution in [0, 0.1) is 15.5 Å². The van der Waals surface area contributed by atoms with Crippen molar-refractivity contribution in [1.29, 1.82) is 0 Å². The van der Waals surface area contributed by atoms with Gasteiger partial charge in [0, 0.05) is 12.5 Å². The zero-order chi connectivity index (χ0) is 19.0. The van der Waals surface area contributed by atoms with Crippen LogP contribution in [0.5, 0.6) is 5.75 Å². The second-order valence-corrected chi connectivity index (χ2v) is 7.38. The number of amides is 1. The van der Waals surface area contributed by atoms with E-state index in [4.69, 9.17) is 32.7 Å². The number of hydrogen-bond donors (Lipinski definition) is 1. The maximum Gasteiger partial charge on any atom is 0.315 e. The maximum atomic E-state index is 12.2. The van der Waals surface area contributed by atoms with E-state index in [1.807, 2.05) is 0 Å². The highest BCUT2D eigenvalue weighted by Crippen LogP contribution is 2.64. The Morgan fingerprint density at radius 3 is 2.48 bits per heavy atom. The standard InChI is InChI=1S/C15H16Cl2N2O6/c1-8(25-13(21)14(2)7-15(14,16)17)12(20)18-10-5-4-9(19(22)23)6-11(10)24-3/h4-6,8H,7H2,1-3H3,(H,18,20)/t8-,14-/m0/s1. The molecule has 1 fully saturated rings. The zero-order valence-corrected chi connectivity index (χ0v) is 15.2. The van der Waals surface area contributed by atoms with E-state index in [2.05, 4.69) is 5.32 Å². The molecular formula is C15H16Cl2N2O6. The van der Waals surface area contributed by atoms with Gasteiger partial charge in [-0.25, -0.2) is 0 Å². The number of benzene rings is 1. The van der Waals surface area contributed by atoms with Gasteiger partial charge in [-0.05, 0) is 19.9 Å². The summed E-state index contributed by atoms with van der Waals surface area (Å²) in [6.07, 6.45) is -0.874. The average Bonchev–Trinajstić information content (AvgIpc) is 3.06. The summed E-state index contributed by atoms with van der Waals surface area (Å²) in [4.78, 5) is 34.5. The smallest absolute Gasteiger partial charge is 0.315 e. The highest BCUT2D eigenvalue weighted by molar-refractivity contribution is 6.53. The minimum atomic E-state index is -1.19. The normalized spacial score (nSPS) is 21.8. The molecule has 1 aliphatic rings. The Hall–Kier alpha value is -2.06. The predicted molar refractivity (Wildman–Crippen MR) is 91.0 cm³/mol. The molecule has 0 bridgehead atoms. The first-order valence-corrected chi connectivity index (χ1v) is 7.99. The molecule has 1 N–H and O–H groups in total. The summed E-state index contributed by atoms with van der Waals surface area (Å²) < 4.78 is 8.95. The third kappa shape index (κ3) is 3.80. The summed E-state index contributed by atoms with van der Waals surface area (Å²) in [5.74, 6) is -1.19. The number of carbonyl (C=O) groups is 2. The molecule has 0 aliphatic heterocycles. The van der Waals surface area contributed by atoms with Crippen LogP contribution in [-0.4, -0.2) is 34.3 Å². The first-order valence-electron chi connectivity index (χ1n) is 7.24. The predicted octanol–water partition coefficient (Wildman–Crippen LogP) is 3.06. The van der Waals surface area contributed by atoms with Crippen molar-refractivity contribution in [1.82, 2.24) is 0 Å². The van der Waals surface area contributed by atoms with Crippen molar-refractivity contribution in [2.45, 2.75) is 30.7 Å². The number of nitro benzene ring substituents is 1. The number of ether oxygens (including phenoxy) is 2. The number of hydrogen-bond acceptors (Lipinski definition) is 6. The summed E-state index contributed by atoms with van der Waals surface area (Å²) in [7, 11) is 1.31. The van der Waals surface area contributed by atoms with Crippen LogP contribution in [0.25, 0.3) is 0 Å². The number of alkyl halides is 2. The van der Waals surface area contributed by atoms with Crippen molar-refractivity contribution < 1.29 is 24.0 Å². The molecule has 0 heterocycles. The van der Waals surface area contributed by atoms with E-state index in [0.29, 0.717) is 0 Å². The van der Waals surface area contributed by atoms with Crippen LogP contribution in [0.3, 0.4) is 0 Å². The number of halogens is 2. The quantitative estimate of drug-likeness (QED) is 0.346. The molecular weight excluding hydrogens is 375 g/mol. The van der Waals surface area contributed by atoms with Crippen molar-refractivity contribution >= 4 is 46.5 Å². The molecule has 0 unspecified atom stereocenters. The SMILES string of the molecule is COc1cc([N+](=O)[O-])ccc1NC(=O)[C@H](C)OC(=O)[C@]1(C)CC1(Cl)Cl. The molecule has 1 amide bonds. The van der Waals surface area contributed by atoms with Crippen LogP contribution in [0.1, 0.15) is 20.3 Å². The molecule has 0 spiro atoms. The zero-order valence-electron chi connectivity index (χ0n) is 13.7. The van der Waals surface area contributed by atoms with Crippen LogP contribution >= 0.6 is 23.2 Å². The number of methoxy groups -OCH3 is 1. The minimum Gasteiger partial charge on any atom is -0.494 e. The van der Waals surface area contributed by atoms with Gasteiger partial charge >= 0.3 is 5.97 Å². The number of non-ortho nitro benzene ring substituents is 1. The van der Waals surface area contributed by atoms with Gasteiger partial charge in [-0.15, -0.1) is 23.2 Å². The fourth-order valence-electron chi connectivity index (χ4n) is 2.10.